The standard InChI is InChI=1S/C10H24N2O/c1-5-11-7-6-8-12-9-10(2,3)13-4/h11-12H,5-9H2,1-4H3. The minimum atomic E-state index is -0.0435. The van der Waals surface area contributed by atoms with E-state index in [9.17, 15) is 0 Å². The van der Waals surface area contributed by atoms with Crippen LogP contribution >= 0.6 is 0 Å². The van der Waals surface area contributed by atoms with Gasteiger partial charge in [-0.05, 0) is 39.9 Å². The highest BCUT2D eigenvalue weighted by molar-refractivity contribution is 4.70. The number of nitrogens with one attached hydrogen (secondary N) is 2. The predicted molar refractivity (Wildman–Crippen MR) is 57.1 cm³/mol. The highest BCUT2D eigenvalue weighted by Crippen LogP contribution is 2.04. The molecule has 0 aromatic rings. The second-order valence-corrected chi connectivity index (χ2v) is 3.85. The van der Waals surface area contributed by atoms with Gasteiger partial charge in [0, 0.05) is 13.7 Å². The molecule has 0 heterocycles. The summed E-state index contributed by atoms with van der Waals surface area (Å²) in [7, 11) is 1.75. The van der Waals surface area contributed by atoms with Gasteiger partial charge in [-0.2, -0.15) is 0 Å². The van der Waals surface area contributed by atoms with Gasteiger partial charge in [0.1, 0.15) is 0 Å². The monoisotopic (exact) mass is 188 g/mol. The second kappa shape index (κ2) is 7.30. The van der Waals surface area contributed by atoms with E-state index < -0.39 is 0 Å². The maximum atomic E-state index is 5.29. The predicted octanol–water partition coefficient (Wildman–Crippen LogP) is 1.00. The fraction of sp³-hybridized carbons (Fsp3) is 1.00. The summed E-state index contributed by atoms with van der Waals surface area (Å²) < 4.78 is 5.29. The summed E-state index contributed by atoms with van der Waals surface area (Å²) in [4.78, 5) is 0. The Kier molecular flexibility index (Phi) is 7.23. The highest BCUT2D eigenvalue weighted by Gasteiger charge is 2.14. The van der Waals surface area contributed by atoms with Gasteiger partial charge in [0.2, 0.25) is 0 Å². The lowest BCUT2D eigenvalue weighted by molar-refractivity contribution is 0.0234. The summed E-state index contributed by atoms with van der Waals surface area (Å²) >= 11 is 0. The molecule has 0 saturated heterocycles. The van der Waals surface area contributed by atoms with Crippen LogP contribution in [0.4, 0.5) is 0 Å². The Morgan fingerprint density at radius 1 is 1.15 bits per heavy atom. The van der Waals surface area contributed by atoms with Crippen molar-refractivity contribution in [2.45, 2.75) is 32.8 Å². The van der Waals surface area contributed by atoms with Crippen molar-refractivity contribution in [2.75, 3.05) is 33.3 Å². The molecule has 0 atom stereocenters. The molecule has 0 aliphatic carbocycles. The van der Waals surface area contributed by atoms with Crippen LogP contribution in [-0.4, -0.2) is 38.9 Å². The first kappa shape index (κ1) is 12.9. The van der Waals surface area contributed by atoms with Crippen LogP contribution in [0.3, 0.4) is 0 Å². The lowest BCUT2D eigenvalue weighted by Crippen LogP contribution is -2.37. The Hall–Kier alpha value is -0.120. The van der Waals surface area contributed by atoms with Crippen LogP contribution in [0.5, 0.6) is 0 Å². The highest BCUT2D eigenvalue weighted by atomic mass is 16.5. The maximum absolute atomic E-state index is 5.29. The van der Waals surface area contributed by atoms with E-state index >= 15 is 0 Å². The molecule has 0 aromatic heterocycles. The van der Waals surface area contributed by atoms with Crippen molar-refractivity contribution in [3.63, 3.8) is 0 Å². The Bertz CT molecular complexity index is 115. The molecule has 0 aliphatic rings. The number of ether oxygens (including phenoxy) is 1. The van der Waals surface area contributed by atoms with Gasteiger partial charge >= 0.3 is 0 Å². The smallest absolute Gasteiger partial charge is 0.0746 e. The Morgan fingerprint density at radius 2 is 1.77 bits per heavy atom. The zero-order chi connectivity index (χ0) is 10.2. The number of hydrogen-bond acceptors (Lipinski definition) is 3. The third kappa shape index (κ3) is 8.22. The van der Waals surface area contributed by atoms with E-state index in [0.29, 0.717) is 0 Å². The molecule has 0 saturated carbocycles. The van der Waals surface area contributed by atoms with Crippen LogP contribution < -0.4 is 10.6 Å². The van der Waals surface area contributed by atoms with Crippen molar-refractivity contribution in [1.29, 1.82) is 0 Å². The second-order valence-electron chi connectivity index (χ2n) is 3.85. The van der Waals surface area contributed by atoms with Crippen LogP contribution in [0.1, 0.15) is 27.2 Å². The first-order valence-electron chi connectivity index (χ1n) is 5.09. The summed E-state index contributed by atoms with van der Waals surface area (Å²) in [5, 5.41) is 6.66. The topological polar surface area (TPSA) is 33.3 Å². The van der Waals surface area contributed by atoms with Crippen LogP contribution in [0.25, 0.3) is 0 Å². The fourth-order valence-corrected chi connectivity index (χ4v) is 0.977. The van der Waals surface area contributed by atoms with E-state index in [1.54, 1.807) is 7.11 Å². The molecule has 0 aliphatic heterocycles. The number of hydrogen-bond donors (Lipinski definition) is 2. The lowest BCUT2D eigenvalue weighted by atomic mass is 10.1. The van der Waals surface area contributed by atoms with Gasteiger partial charge in [-0.25, -0.2) is 0 Å². The molecule has 0 rings (SSSR count). The molecule has 0 amide bonds. The molecule has 0 radical (unpaired) electrons. The molecule has 3 heteroatoms. The minimum Gasteiger partial charge on any atom is -0.377 e. The molecule has 0 unspecified atom stereocenters. The Morgan fingerprint density at radius 3 is 2.31 bits per heavy atom. The van der Waals surface area contributed by atoms with Gasteiger partial charge in [-0.3, -0.25) is 0 Å². The van der Waals surface area contributed by atoms with E-state index in [1.807, 2.05) is 0 Å². The Balaban J connectivity index is 3.16. The van der Waals surface area contributed by atoms with E-state index in [4.69, 9.17) is 4.74 Å². The van der Waals surface area contributed by atoms with Crippen LogP contribution in [-0.2, 0) is 4.74 Å². The zero-order valence-electron chi connectivity index (χ0n) is 9.44. The molecule has 13 heavy (non-hydrogen) atoms. The van der Waals surface area contributed by atoms with Crippen molar-refractivity contribution in [2.24, 2.45) is 0 Å². The van der Waals surface area contributed by atoms with Crippen LogP contribution in [0.2, 0.25) is 0 Å². The van der Waals surface area contributed by atoms with Gasteiger partial charge in [0.25, 0.3) is 0 Å². The van der Waals surface area contributed by atoms with Crippen molar-refractivity contribution >= 4 is 0 Å². The third-order valence-corrected chi connectivity index (χ3v) is 2.06. The fourth-order valence-electron chi connectivity index (χ4n) is 0.977. The average molecular weight is 188 g/mol. The SMILES string of the molecule is CCNCCCNCC(C)(C)OC. The molecule has 3 nitrogen and oxygen atoms in total. The molecule has 0 fully saturated rings. The molecule has 0 aromatic carbocycles. The third-order valence-electron chi connectivity index (χ3n) is 2.06. The first-order valence-corrected chi connectivity index (χ1v) is 5.09. The van der Waals surface area contributed by atoms with Gasteiger partial charge in [-0.1, -0.05) is 6.92 Å². The van der Waals surface area contributed by atoms with Gasteiger partial charge in [0.05, 0.1) is 5.60 Å². The van der Waals surface area contributed by atoms with Crippen molar-refractivity contribution in [3.05, 3.63) is 0 Å². The van der Waals surface area contributed by atoms with E-state index in [-0.39, 0.29) is 5.60 Å². The average Bonchev–Trinajstić information content (AvgIpc) is 2.11. The van der Waals surface area contributed by atoms with Gasteiger partial charge in [0.15, 0.2) is 0 Å². The molecule has 0 bridgehead atoms. The summed E-state index contributed by atoms with van der Waals surface area (Å²) in [5.74, 6) is 0. The van der Waals surface area contributed by atoms with Crippen molar-refractivity contribution in [1.82, 2.24) is 10.6 Å². The number of methoxy groups -OCH3 is 1. The van der Waals surface area contributed by atoms with E-state index in [0.717, 1.165) is 26.2 Å². The summed E-state index contributed by atoms with van der Waals surface area (Å²) in [6.07, 6.45) is 1.17. The maximum Gasteiger partial charge on any atom is 0.0746 e. The lowest BCUT2D eigenvalue weighted by Gasteiger charge is -2.23. The largest absolute Gasteiger partial charge is 0.377 e. The van der Waals surface area contributed by atoms with Crippen LogP contribution in [0, 0.1) is 0 Å². The van der Waals surface area contributed by atoms with Crippen molar-refractivity contribution < 1.29 is 4.74 Å². The molecule has 0 spiro atoms. The van der Waals surface area contributed by atoms with Crippen molar-refractivity contribution in [3.8, 4) is 0 Å². The van der Waals surface area contributed by atoms with Gasteiger partial charge in [-0.15, -0.1) is 0 Å². The normalized spacial score (nSPS) is 12.0. The van der Waals surface area contributed by atoms with Crippen LogP contribution in [0.15, 0.2) is 0 Å². The van der Waals surface area contributed by atoms with E-state index in [1.165, 1.54) is 6.42 Å². The van der Waals surface area contributed by atoms with E-state index in [2.05, 4.69) is 31.4 Å². The molecular formula is C10H24N2O. The number of rotatable bonds is 8. The molecular weight excluding hydrogens is 164 g/mol. The summed E-state index contributed by atoms with van der Waals surface area (Å²) in [5.41, 5.74) is -0.0435. The minimum absolute atomic E-state index is 0.0435. The van der Waals surface area contributed by atoms with Gasteiger partial charge < -0.3 is 15.4 Å². The quantitative estimate of drug-likeness (QED) is 0.558. The summed E-state index contributed by atoms with van der Waals surface area (Å²) in [6.45, 7) is 10.4. The first-order chi connectivity index (χ1) is 6.12. The zero-order valence-corrected chi connectivity index (χ0v) is 9.44. The summed E-state index contributed by atoms with van der Waals surface area (Å²) in [6, 6.07) is 0. The Labute approximate surface area is 82.2 Å². The molecule has 80 valence electrons. The molecule has 2 N–H and O–H groups in total.